The smallest absolute Gasteiger partial charge is 0.142 e. The normalized spacial score (nSPS) is 11.1. The number of para-hydroxylation sites is 2. The van der Waals surface area contributed by atoms with E-state index in [1.807, 2.05) is 50.2 Å². The molecule has 3 N–H and O–H groups in total. The molecule has 0 aliphatic heterocycles. The second-order valence-corrected chi connectivity index (χ2v) is 5.98. The van der Waals surface area contributed by atoms with Crippen LogP contribution in [0.5, 0.6) is 0 Å². The molecule has 0 bridgehead atoms. The zero-order valence-electron chi connectivity index (χ0n) is 13.9. The Balaban J connectivity index is 0.000000847. The van der Waals surface area contributed by atoms with Crippen molar-refractivity contribution in [1.82, 2.24) is 15.0 Å². The molecule has 0 radical (unpaired) electrons. The number of nitrogen functional groups attached to an aromatic ring is 1. The molecule has 3 aromatic rings. The van der Waals surface area contributed by atoms with E-state index in [-0.39, 0.29) is 5.41 Å². The topological polar surface area (TPSA) is 67.6 Å². The molecule has 1 aromatic carbocycles. The minimum atomic E-state index is -0.0134. The van der Waals surface area contributed by atoms with Crippen LogP contribution in [0.15, 0.2) is 36.4 Å². The molecule has 4 nitrogen and oxygen atoms in total. The zero-order valence-corrected chi connectivity index (χ0v) is 13.9. The van der Waals surface area contributed by atoms with Gasteiger partial charge in [-0.1, -0.05) is 46.8 Å². The van der Waals surface area contributed by atoms with Crippen molar-refractivity contribution in [2.24, 2.45) is 0 Å². The van der Waals surface area contributed by atoms with E-state index >= 15 is 0 Å². The highest BCUT2D eigenvalue weighted by molar-refractivity contribution is 5.81. The quantitative estimate of drug-likeness (QED) is 0.693. The van der Waals surface area contributed by atoms with Crippen molar-refractivity contribution in [3.63, 3.8) is 0 Å². The Morgan fingerprint density at radius 3 is 2.23 bits per heavy atom. The lowest BCUT2D eigenvalue weighted by Crippen LogP contribution is -2.14. The number of hydrogen-bond donors (Lipinski definition) is 2. The molecule has 0 amide bonds. The maximum absolute atomic E-state index is 6.10. The molecule has 116 valence electrons. The Morgan fingerprint density at radius 1 is 0.955 bits per heavy atom. The summed E-state index contributed by atoms with van der Waals surface area (Å²) < 4.78 is 0. The first-order valence-corrected chi connectivity index (χ1v) is 7.67. The minimum absolute atomic E-state index is 0.0134. The van der Waals surface area contributed by atoms with Crippen LogP contribution in [0, 0.1) is 0 Å². The molecule has 0 spiro atoms. The molecule has 0 saturated heterocycles. The number of H-pyrrole nitrogens is 1. The van der Waals surface area contributed by atoms with Gasteiger partial charge < -0.3 is 10.7 Å². The van der Waals surface area contributed by atoms with Gasteiger partial charge in [0.2, 0.25) is 0 Å². The van der Waals surface area contributed by atoms with E-state index in [4.69, 9.17) is 5.73 Å². The molecule has 0 unspecified atom stereocenters. The first kappa shape index (κ1) is 16.0. The highest BCUT2D eigenvalue weighted by Crippen LogP contribution is 2.28. The lowest BCUT2D eigenvalue weighted by molar-refractivity contribution is 0.570. The maximum atomic E-state index is 6.10. The molecular formula is C18H24N4. The molecule has 0 aliphatic rings. The van der Waals surface area contributed by atoms with E-state index < -0.39 is 0 Å². The molecule has 0 saturated carbocycles. The van der Waals surface area contributed by atoms with Crippen LogP contribution < -0.4 is 5.73 Å². The predicted octanol–water partition coefficient (Wildman–Crippen LogP) is 4.53. The minimum Gasteiger partial charge on any atom is -0.383 e. The summed E-state index contributed by atoms with van der Waals surface area (Å²) in [6, 6.07) is 11.9. The standard InChI is InChI=1S/C16H18N4.C2H6/c1-16(2,3)13-9-8-10(14(17)20-13)15-18-11-6-4-5-7-12(11)19-15;1-2/h4-9H,1-3H3,(H2,17,20)(H,18,19);1-2H3. The van der Waals surface area contributed by atoms with Crippen LogP contribution in [0.2, 0.25) is 0 Å². The van der Waals surface area contributed by atoms with E-state index in [2.05, 4.69) is 35.7 Å². The summed E-state index contributed by atoms with van der Waals surface area (Å²) in [5.74, 6) is 1.27. The van der Waals surface area contributed by atoms with Crippen molar-refractivity contribution in [3.05, 3.63) is 42.1 Å². The second-order valence-electron chi connectivity index (χ2n) is 5.98. The molecule has 22 heavy (non-hydrogen) atoms. The highest BCUT2D eigenvalue weighted by atomic mass is 14.9. The lowest BCUT2D eigenvalue weighted by atomic mass is 9.91. The number of benzene rings is 1. The predicted molar refractivity (Wildman–Crippen MR) is 93.8 cm³/mol. The number of nitrogens with two attached hydrogens (primary N) is 1. The number of aromatic amines is 1. The van der Waals surface area contributed by atoms with Gasteiger partial charge in [-0.15, -0.1) is 0 Å². The third-order valence-electron chi connectivity index (χ3n) is 3.34. The molecule has 2 heterocycles. The van der Waals surface area contributed by atoms with Gasteiger partial charge in [0.1, 0.15) is 11.6 Å². The van der Waals surface area contributed by atoms with Crippen LogP contribution in [0.3, 0.4) is 0 Å². The van der Waals surface area contributed by atoms with Gasteiger partial charge >= 0.3 is 0 Å². The Morgan fingerprint density at radius 2 is 1.64 bits per heavy atom. The number of pyridine rings is 1. The summed E-state index contributed by atoms with van der Waals surface area (Å²) in [5.41, 5.74) is 9.84. The molecule has 0 fully saturated rings. The monoisotopic (exact) mass is 296 g/mol. The van der Waals surface area contributed by atoms with Gasteiger partial charge in [0.05, 0.1) is 16.6 Å². The van der Waals surface area contributed by atoms with Gasteiger partial charge in [-0.05, 0) is 24.3 Å². The SMILES string of the molecule is CC.CC(C)(C)c1ccc(-c2nc3ccccc3[nH]2)c(N)n1. The molecule has 3 rings (SSSR count). The van der Waals surface area contributed by atoms with Crippen molar-refractivity contribution in [3.8, 4) is 11.4 Å². The number of rotatable bonds is 1. The second kappa shape index (κ2) is 6.18. The average Bonchev–Trinajstić information content (AvgIpc) is 2.91. The number of nitrogens with zero attached hydrogens (tertiary/aromatic N) is 2. The lowest BCUT2D eigenvalue weighted by Gasteiger charge is -2.18. The summed E-state index contributed by atoms with van der Waals surface area (Å²) in [5, 5.41) is 0. The van der Waals surface area contributed by atoms with E-state index in [9.17, 15) is 0 Å². The van der Waals surface area contributed by atoms with Gasteiger partial charge in [-0.3, -0.25) is 0 Å². The number of imidazole rings is 1. The maximum Gasteiger partial charge on any atom is 0.142 e. The van der Waals surface area contributed by atoms with E-state index in [0.29, 0.717) is 5.82 Å². The van der Waals surface area contributed by atoms with Crippen LogP contribution >= 0.6 is 0 Å². The largest absolute Gasteiger partial charge is 0.383 e. The summed E-state index contributed by atoms with van der Waals surface area (Å²) in [4.78, 5) is 12.3. The van der Waals surface area contributed by atoms with Gasteiger partial charge in [0, 0.05) is 11.1 Å². The van der Waals surface area contributed by atoms with Crippen molar-refractivity contribution in [1.29, 1.82) is 0 Å². The van der Waals surface area contributed by atoms with Gasteiger partial charge in [0.25, 0.3) is 0 Å². The molecule has 0 aliphatic carbocycles. The van der Waals surface area contributed by atoms with Crippen molar-refractivity contribution < 1.29 is 0 Å². The van der Waals surface area contributed by atoms with Gasteiger partial charge in [0.15, 0.2) is 0 Å². The molecular weight excluding hydrogens is 272 g/mol. The number of fused-ring (bicyclic) bond motifs is 1. The summed E-state index contributed by atoms with van der Waals surface area (Å²) >= 11 is 0. The van der Waals surface area contributed by atoms with Crippen LogP contribution in [-0.2, 0) is 5.41 Å². The fourth-order valence-electron chi connectivity index (χ4n) is 2.17. The van der Waals surface area contributed by atoms with E-state index in [1.165, 1.54) is 0 Å². The third kappa shape index (κ3) is 3.11. The Kier molecular flexibility index (Phi) is 4.50. The fraction of sp³-hybridized carbons (Fsp3) is 0.333. The zero-order chi connectivity index (χ0) is 16.3. The first-order valence-electron chi connectivity index (χ1n) is 7.67. The summed E-state index contributed by atoms with van der Waals surface area (Å²) in [7, 11) is 0. The van der Waals surface area contributed by atoms with Crippen molar-refractivity contribution in [2.75, 3.05) is 5.73 Å². The summed E-state index contributed by atoms with van der Waals surface area (Å²) in [6.45, 7) is 10.4. The van der Waals surface area contributed by atoms with Gasteiger partial charge in [-0.25, -0.2) is 9.97 Å². The highest BCUT2D eigenvalue weighted by Gasteiger charge is 2.17. The third-order valence-corrected chi connectivity index (χ3v) is 3.34. The van der Waals surface area contributed by atoms with E-state index in [1.54, 1.807) is 0 Å². The van der Waals surface area contributed by atoms with Crippen LogP contribution in [0.1, 0.15) is 40.3 Å². The summed E-state index contributed by atoms with van der Waals surface area (Å²) in [6.07, 6.45) is 0. The molecule has 2 aromatic heterocycles. The Labute approximate surface area is 131 Å². The Hall–Kier alpha value is -2.36. The molecule has 0 atom stereocenters. The number of aromatic nitrogens is 3. The van der Waals surface area contributed by atoms with Crippen molar-refractivity contribution in [2.45, 2.75) is 40.0 Å². The van der Waals surface area contributed by atoms with Crippen LogP contribution in [-0.4, -0.2) is 15.0 Å². The Bertz CT molecular complexity index is 733. The fourth-order valence-corrected chi connectivity index (χ4v) is 2.17. The molecule has 4 heteroatoms. The number of hydrogen-bond acceptors (Lipinski definition) is 3. The van der Waals surface area contributed by atoms with Crippen molar-refractivity contribution >= 4 is 16.9 Å². The van der Waals surface area contributed by atoms with Crippen LogP contribution in [0.25, 0.3) is 22.4 Å². The van der Waals surface area contributed by atoms with Gasteiger partial charge in [-0.2, -0.15) is 0 Å². The number of nitrogens with one attached hydrogen (secondary N) is 1. The van der Waals surface area contributed by atoms with E-state index in [0.717, 1.165) is 28.1 Å². The number of anilines is 1. The van der Waals surface area contributed by atoms with Crippen LogP contribution in [0.4, 0.5) is 5.82 Å². The first-order chi connectivity index (χ1) is 10.4. The average molecular weight is 296 g/mol.